The highest BCUT2D eigenvalue weighted by Crippen LogP contribution is 2.43. The van der Waals surface area contributed by atoms with Crippen molar-refractivity contribution in [3.63, 3.8) is 0 Å². The topological polar surface area (TPSA) is 259 Å². The first kappa shape index (κ1) is 45.5. The quantitative estimate of drug-likeness (QED) is 0.0929. The number of nitrogens with one attached hydrogen (secondary N) is 2. The number of aromatic nitrogens is 4. The van der Waals surface area contributed by atoms with Crippen LogP contribution in [0.1, 0.15) is 5.82 Å². The summed E-state index contributed by atoms with van der Waals surface area (Å²) < 4.78 is 35.0. The second-order valence-electron chi connectivity index (χ2n) is 12.7. The molecular formula is C33H30N8O10S10. The standard InChI is InChI=1S/C17H16N4O5S5.C16H14N4O5S5/c1-8-18-17(30-20-8)29-6-9-5-28-15-12(14(23)21(15)13(9)16(24)25)19-10(22)7-31(26)11-3-2-4-27-11;21-9(6-30(25)10-2-1-3-26-10)19-11-13(22)20-12(15(23)24)8(4-27-14(11)20)5-28-16-17-7-18-29-16/h2-4,12,15H,5-7H2,1H3,(H,19,22)(H,24,25);1-3,7,11,14H,4-6H2,(H,19,21)(H,23,24)/t12?,15-,31?;11?,14-,30?/m00/s1. The molecule has 0 saturated carbocycles. The van der Waals surface area contributed by atoms with E-state index in [2.05, 4.69) is 29.3 Å². The summed E-state index contributed by atoms with van der Waals surface area (Å²) in [6.07, 6.45) is 1.43. The van der Waals surface area contributed by atoms with Crippen LogP contribution in [-0.2, 0) is 50.4 Å². The molecule has 0 aromatic carbocycles. The van der Waals surface area contributed by atoms with Crippen LogP contribution >= 0.6 is 92.8 Å². The highest BCUT2D eigenvalue weighted by atomic mass is 32.2. The molecule has 0 spiro atoms. The zero-order valence-electron chi connectivity index (χ0n) is 31.0. The lowest BCUT2D eigenvalue weighted by Gasteiger charge is -2.49. The van der Waals surface area contributed by atoms with Gasteiger partial charge in [0.1, 0.15) is 57.9 Å². The van der Waals surface area contributed by atoms with Gasteiger partial charge < -0.3 is 20.8 Å². The molecule has 322 valence electrons. The lowest BCUT2D eigenvalue weighted by atomic mass is 10.0. The van der Waals surface area contributed by atoms with Crippen LogP contribution in [0.25, 0.3) is 0 Å². The van der Waals surface area contributed by atoms with Crippen LogP contribution in [0.3, 0.4) is 0 Å². The zero-order valence-corrected chi connectivity index (χ0v) is 39.2. The van der Waals surface area contributed by atoms with Gasteiger partial charge >= 0.3 is 11.9 Å². The molecular weight excluding hydrogens is 989 g/mol. The Hall–Kier alpha value is -3.48. The lowest BCUT2D eigenvalue weighted by Crippen LogP contribution is -2.70. The summed E-state index contributed by atoms with van der Waals surface area (Å²) in [6.45, 7) is 1.78. The first-order valence-electron chi connectivity index (χ1n) is 17.4. The van der Waals surface area contributed by atoms with Gasteiger partial charge in [0, 0.05) is 23.0 Å². The SMILES string of the molecule is Cc1nsc(SCC2=C(C(=O)O)N3C(=O)C(NC(=O)CS(=O)c4cccs4)[C@@H]3SC2)n1.O=C(CS(=O)c1cccs1)NC1C(=O)N2C(C(=O)O)=C(CSc3ncns3)CS[C@@H]12. The second-order valence-corrected chi connectivity index (χ2v) is 24.1. The molecule has 4 aliphatic rings. The van der Waals surface area contributed by atoms with E-state index in [1.54, 1.807) is 41.9 Å². The monoisotopic (exact) mass is 1020 g/mol. The van der Waals surface area contributed by atoms with Gasteiger partial charge in [-0.25, -0.2) is 19.6 Å². The Bertz CT molecular complexity index is 2440. The predicted molar refractivity (Wildman–Crippen MR) is 237 cm³/mol. The Morgan fingerprint density at radius 3 is 1.67 bits per heavy atom. The number of thioether (sulfide) groups is 4. The molecule has 28 heteroatoms. The van der Waals surface area contributed by atoms with Gasteiger partial charge in [0.25, 0.3) is 11.8 Å². The number of fused-ring (bicyclic) bond motifs is 2. The second kappa shape index (κ2) is 20.4. The van der Waals surface area contributed by atoms with E-state index in [9.17, 15) is 47.4 Å². The highest BCUT2D eigenvalue weighted by molar-refractivity contribution is 8.02. The number of carboxylic acids is 2. The number of carbonyl (C=O) groups excluding carboxylic acids is 4. The highest BCUT2D eigenvalue weighted by Gasteiger charge is 2.55. The molecule has 4 aromatic heterocycles. The van der Waals surface area contributed by atoms with E-state index >= 15 is 0 Å². The minimum atomic E-state index is -1.48. The number of carbonyl (C=O) groups is 6. The van der Waals surface area contributed by atoms with Gasteiger partial charge in [0.2, 0.25) is 11.8 Å². The zero-order chi connectivity index (χ0) is 43.4. The number of aryl methyl sites for hydroxylation is 1. The van der Waals surface area contributed by atoms with Crippen LogP contribution in [0.2, 0.25) is 0 Å². The van der Waals surface area contributed by atoms with Gasteiger partial charge in [0.05, 0.1) is 30.0 Å². The summed E-state index contributed by atoms with van der Waals surface area (Å²) in [7, 11) is -2.96. The van der Waals surface area contributed by atoms with Crippen molar-refractivity contribution in [3.8, 4) is 0 Å². The molecule has 6 atom stereocenters. The lowest BCUT2D eigenvalue weighted by molar-refractivity contribution is -0.150. The van der Waals surface area contributed by atoms with Gasteiger partial charge in [-0.15, -0.1) is 46.2 Å². The third kappa shape index (κ3) is 10.5. The summed E-state index contributed by atoms with van der Waals surface area (Å²) in [5.74, 6) is -2.50. The molecule has 4 aromatic rings. The summed E-state index contributed by atoms with van der Waals surface area (Å²) >= 11 is 10.6. The molecule has 4 aliphatic heterocycles. The first-order valence-corrected chi connectivity index (χ1v) is 27.4. The molecule has 18 nitrogen and oxygen atoms in total. The van der Waals surface area contributed by atoms with Crippen LogP contribution in [0.4, 0.5) is 0 Å². The van der Waals surface area contributed by atoms with Crippen molar-refractivity contribution in [2.24, 2.45) is 0 Å². The fourth-order valence-electron chi connectivity index (χ4n) is 6.05. The maximum atomic E-state index is 12.7. The van der Waals surface area contributed by atoms with Crippen molar-refractivity contribution in [2.45, 2.75) is 46.9 Å². The van der Waals surface area contributed by atoms with E-state index in [0.717, 1.165) is 8.68 Å². The molecule has 2 fully saturated rings. The van der Waals surface area contributed by atoms with E-state index in [4.69, 9.17) is 0 Å². The van der Waals surface area contributed by atoms with Crippen LogP contribution in [0.5, 0.6) is 0 Å². The van der Waals surface area contributed by atoms with Gasteiger partial charge in [0.15, 0.2) is 8.68 Å². The van der Waals surface area contributed by atoms with Crippen molar-refractivity contribution in [2.75, 3.05) is 34.5 Å². The van der Waals surface area contributed by atoms with E-state index in [0.29, 0.717) is 48.4 Å². The number of carboxylic acid groups (broad SMARTS) is 2. The Balaban J connectivity index is 0.000000184. The number of hydrogen-bond donors (Lipinski definition) is 4. The summed E-state index contributed by atoms with van der Waals surface area (Å²) in [5, 5.41) is 27.2. The number of hydrogen-bond acceptors (Lipinski definition) is 20. The number of β-lactam (4-membered cyclic amide) rings is 2. The number of amides is 4. The van der Waals surface area contributed by atoms with Crippen LogP contribution in [0.15, 0.2) is 81.0 Å². The summed E-state index contributed by atoms with van der Waals surface area (Å²) in [6, 6.07) is 5.23. The molecule has 8 rings (SSSR count). The molecule has 8 heterocycles. The predicted octanol–water partition coefficient (Wildman–Crippen LogP) is 2.78. The van der Waals surface area contributed by atoms with Crippen molar-refractivity contribution >= 4 is 150 Å². The average Bonchev–Trinajstić information content (AvgIpc) is 4.09. The van der Waals surface area contributed by atoms with Crippen molar-refractivity contribution in [1.82, 2.24) is 39.1 Å². The Kier molecular flexibility index (Phi) is 15.2. The van der Waals surface area contributed by atoms with E-state index in [1.807, 2.05) is 0 Å². The van der Waals surface area contributed by atoms with Gasteiger partial charge in [-0.1, -0.05) is 35.7 Å². The molecule has 2 saturated heterocycles. The van der Waals surface area contributed by atoms with E-state index < -0.39 is 80.0 Å². The van der Waals surface area contributed by atoms with E-state index in [1.165, 1.54) is 109 Å². The molecule has 4 amide bonds. The van der Waals surface area contributed by atoms with Crippen LogP contribution in [-0.4, -0.2) is 140 Å². The maximum absolute atomic E-state index is 12.7. The smallest absolute Gasteiger partial charge is 0.352 e. The number of nitrogens with zero attached hydrogens (tertiary/aromatic N) is 6. The molecule has 61 heavy (non-hydrogen) atoms. The maximum Gasteiger partial charge on any atom is 0.352 e. The minimum absolute atomic E-state index is 0.0323. The third-order valence-corrected chi connectivity index (χ3v) is 20.5. The van der Waals surface area contributed by atoms with Gasteiger partial charge in [-0.2, -0.15) is 8.75 Å². The Morgan fingerprint density at radius 2 is 1.28 bits per heavy atom. The Morgan fingerprint density at radius 1 is 0.787 bits per heavy atom. The normalized spacial score (nSPS) is 21.6. The van der Waals surface area contributed by atoms with Crippen molar-refractivity contribution < 1.29 is 47.4 Å². The Labute approximate surface area is 384 Å². The molecule has 0 bridgehead atoms. The molecule has 4 N–H and O–H groups in total. The van der Waals surface area contributed by atoms with Gasteiger partial charge in [-0.3, -0.25) is 37.4 Å². The van der Waals surface area contributed by atoms with Crippen LogP contribution in [0, 0.1) is 6.92 Å². The number of aliphatic carboxylic acids is 2. The third-order valence-electron chi connectivity index (χ3n) is 8.69. The minimum Gasteiger partial charge on any atom is -0.477 e. The number of rotatable bonds is 16. The average molecular weight is 1020 g/mol. The molecule has 4 unspecified atom stereocenters. The van der Waals surface area contributed by atoms with Crippen molar-refractivity contribution in [3.05, 3.63) is 69.7 Å². The molecule has 0 aliphatic carbocycles. The van der Waals surface area contributed by atoms with Crippen LogP contribution < -0.4 is 10.6 Å². The summed E-state index contributed by atoms with van der Waals surface area (Å²) in [4.78, 5) is 84.4. The largest absolute Gasteiger partial charge is 0.477 e. The van der Waals surface area contributed by atoms with Crippen molar-refractivity contribution in [1.29, 1.82) is 0 Å². The first-order chi connectivity index (χ1) is 29.3. The van der Waals surface area contributed by atoms with E-state index in [-0.39, 0.29) is 22.9 Å². The fourth-order valence-corrected chi connectivity index (χ4v) is 15.9. The molecule has 0 radical (unpaired) electrons. The summed E-state index contributed by atoms with van der Waals surface area (Å²) in [5.41, 5.74) is 1.19. The number of thiophene rings is 2. The fraction of sp³-hybridized carbons (Fsp3) is 0.333. The van der Waals surface area contributed by atoms with Gasteiger partial charge in [-0.05, 0) is 64.0 Å².